The molecule has 52 heavy (non-hydrogen) atoms. The van der Waals surface area contributed by atoms with Crippen molar-refractivity contribution in [3.8, 4) is 0 Å². The zero-order valence-corrected chi connectivity index (χ0v) is 31.5. The Kier molecular flexibility index (Phi) is 21.0. The second kappa shape index (κ2) is 25.2. The molecule has 0 saturated carbocycles. The molecule has 0 bridgehead atoms. The van der Waals surface area contributed by atoms with Crippen molar-refractivity contribution >= 4 is 17.9 Å². The lowest BCUT2D eigenvalue weighted by Crippen LogP contribution is -2.21. The summed E-state index contributed by atoms with van der Waals surface area (Å²) in [7, 11) is 0. The van der Waals surface area contributed by atoms with E-state index in [1.54, 1.807) is 0 Å². The molecule has 0 aliphatic rings. The summed E-state index contributed by atoms with van der Waals surface area (Å²) in [6.07, 6.45) is 1.10. The minimum Gasteiger partial charge on any atom is -0.463 e. The lowest BCUT2D eigenvalue weighted by Gasteiger charge is -2.18. The van der Waals surface area contributed by atoms with Crippen molar-refractivity contribution in [3.05, 3.63) is 144 Å². The first-order valence-corrected chi connectivity index (χ1v) is 18.0. The van der Waals surface area contributed by atoms with Crippen LogP contribution in [0.1, 0.15) is 88.5 Å². The number of aliphatic hydroxyl groups excluding tert-OH is 1. The van der Waals surface area contributed by atoms with Crippen LogP contribution in [0, 0.1) is 0 Å². The average molecular weight is 713 g/mol. The van der Waals surface area contributed by atoms with Gasteiger partial charge in [0.15, 0.2) is 0 Å². The third kappa shape index (κ3) is 18.4. The lowest BCUT2D eigenvalue weighted by atomic mass is 9.96. The Labute approximate surface area is 310 Å². The average Bonchev–Trinajstić information content (AvgIpc) is 3.12. The van der Waals surface area contributed by atoms with E-state index in [0.29, 0.717) is 32.5 Å². The van der Waals surface area contributed by atoms with Crippen molar-refractivity contribution in [2.75, 3.05) is 13.2 Å². The molecule has 0 heterocycles. The molecular weight excluding hydrogens is 656 g/mol. The lowest BCUT2D eigenvalue weighted by molar-refractivity contribution is -0.150. The maximum Gasteiger partial charge on any atom is 0.313 e. The van der Waals surface area contributed by atoms with Gasteiger partial charge < -0.3 is 24.1 Å². The van der Waals surface area contributed by atoms with Gasteiger partial charge in [-0.1, -0.05) is 121 Å². The summed E-state index contributed by atoms with van der Waals surface area (Å²) < 4.78 is 21.3. The first-order valence-electron chi connectivity index (χ1n) is 18.0. The summed E-state index contributed by atoms with van der Waals surface area (Å²) in [6.45, 7) is 12.1. The molecule has 8 nitrogen and oxygen atoms in total. The number of esters is 3. The van der Waals surface area contributed by atoms with Gasteiger partial charge in [0.2, 0.25) is 0 Å². The Morgan fingerprint density at radius 1 is 0.519 bits per heavy atom. The van der Waals surface area contributed by atoms with E-state index in [-0.39, 0.29) is 54.7 Å². The van der Waals surface area contributed by atoms with Crippen molar-refractivity contribution in [3.63, 3.8) is 0 Å². The highest BCUT2D eigenvalue weighted by atomic mass is 16.6. The fourth-order valence-corrected chi connectivity index (χ4v) is 5.00. The number of hydrogen-bond acceptors (Lipinski definition) is 8. The highest BCUT2D eigenvalue weighted by Gasteiger charge is 2.23. The molecular formula is C44H56O8. The molecule has 4 aromatic rings. The highest BCUT2D eigenvalue weighted by molar-refractivity contribution is 5.78. The first kappa shape index (κ1) is 43.4. The second-order valence-electron chi connectivity index (χ2n) is 12.9. The third-order valence-electron chi connectivity index (χ3n) is 7.32. The van der Waals surface area contributed by atoms with Gasteiger partial charge in [-0.2, -0.15) is 0 Å². The number of ether oxygens (including phenoxy) is 4. The largest absolute Gasteiger partial charge is 0.463 e. The fraction of sp³-hybridized carbons (Fsp3) is 0.386. The number of carbonyl (C=O) groups is 3. The molecule has 280 valence electrons. The molecule has 0 aliphatic carbocycles. The second-order valence-corrected chi connectivity index (χ2v) is 12.9. The quantitative estimate of drug-likeness (QED) is 0.0699. The molecule has 2 atom stereocenters. The number of aliphatic hydroxyl groups is 1. The normalized spacial score (nSPS) is 11.7. The molecule has 1 N–H and O–H groups in total. The van der Waals surface area contributed by atoms with Gasteiger partial charge in [-0.25, -0.2) is 0 Å². The van der Waals surface area contributed by atoms with E-state index >= 15 is 0 Å². The van der Waals surface area contributed by atoms with E-state index in [2.05, 4.69) is 0 Å². The van der Waals surface area contributed by atoms with E-state index in [1.165, 1.54) is 0 Å². The van der Waals surface area contributed by atoms with Gasteiger partial charge in [0.05, 0.1) is 43.2 Å². The molecule has 0 amide bonds. The first-order chi connectivity index (χ1) is 25.0. The van der Waals surface area contributed by atoms with Crippen molar-refractivity contribution in [1.82, 2.24) is 0 Å². The Hall–Kier alpha value is -4.79. The minimum absolute atomic E-state index is 0.0211. The van der Waals surface area contributed by atoms with Crippen molar-refractivity contribution in [2.24, 2.45) is 0 Å². The van der Waals surface area contributed by atoms with Crippen LogP contribution in [0.3, 0.4) is 0 Å². The van der Waals surface area contributed by atoms with Gasteiger partial charge in [0, 0.05) is 13.2 Å². The number of carbonyl (C=O) groups excluding carboxylic acids is 3. The Morgan fingerprint density at radius 3 is 1.31 bits per heavy atom. The van der Waals surface area contributed by atoms with Crippen LogP contribution in [-0.4, -0.2) is 54.5 Å². The van der Waals surface area contributed by atoms with Crippen LogP contribution in [0.4, 0.5) is 0 Å². The summed E-state index contributed by atoms with van der Waals surface area (Å²) in [6, 6.07) is 38.8. The molecule has 8 heteroatoms. The number of hydrogen-bond donors (Lipinski definition) is 1. The zero-order valence-electron chi connectivity index (χ0n) is 31.5. The maximum atomic E-state index is 12.3. The molecule has 4 aromatic carbocycles. The topological polar surface area (TPSA) is 108 Å². The van der Waals surface area contributed by atoms with Crippen LogP contribution < -0.4 is 0 Å². The standard InChI is InChI=1S/C20H24O3.C13H18O3.C11H14O2/c1-16(2)23-20(21)19(18-11-7-4-8-12-18)13-14-22-15-17-9-5-3-6-10-17;1-10(2)16-13(15)12(8-9-14)11-6-4-3-5-7-11;1-9(2)13-11(12)8-10-6-4-3-5-7-10/h3-12,16,19H,13-15H2,1-2H3;3-7,10,12,14H,8-9H2,1-2H3;3-7,9H,8H2,1-2H3. The SMILES string of the molecule is CC(C)OC(=O)C(CCO)c1ccccc1.CC(C)OC(=O)C(CCOCc1ccccc1)c1ccccc1.CC(C)OC(=O)Cc1ccccc1. The van der Waals surface area contributed by atoms with E-state index in [9.17, 15) is 14.4 Å². The molecule has 0 aromatic heterocycles. The van der Waals surface area contributed by atoms with Gasteiger partial charge in [-0.15, -0.1) is 0 Å². The van der Waals surface area contributed by atoms with E-state index < -0.39 is 0 Å². The molecule has 0 saturated heterocycles. The van der Waals surface area contributed by atoms with Crippen LogP contribution >= 0.6 is 0 Å². The van der Waals surface area contributed by atoms with Crippen molar-refractivity contribution < 1.29 is 38.4 Å². The van der Waals surface area contributed by atoms with Gasteiger partial charge in [-0.05, 0) is 76.6 Å². The van der Waals surface area contributed by atoms with Crippen LogP contribution in [0.15, 0.2) is 121 Å². The molecule has 4 rings (SSSR count). The predicted octanol–water partition coefficient (Wildman–Crippen LogP) is 8.61. The fourth-order valence-electron chi connectivity index (χ4n) is 5.00. The molecule has 2 unspecified atom stereocenters. The molecule has 0 spiro atoms. The van der Waals surface area contributed by atoms with Crippen LogP contribution in [0.25, 0.3) is 0 Å². The van der Waals surface area contributed by atoms with E-state index in [4.69, 9.17) is 24.1 Å². The third-order valence-corrected chi connectivity index (χ3v) is 7.32. The maximum absolute atomic E-state index is 12.3. The number of benzene rings is 4. The van der Waals surface area contributed by atoms with Gasteiger partial charge in [0.1, 0.15) is 0 Å². The predicted molar refractivity (Wildman–Crippen MR) is 205 cm³/mol. The van der Waals surface area contributed by atoms with Crippen LogP contribution in [-0.2, 0) is 46.4 Å². The Morgan fingerprint density at radius 2 is 0.904 bits per heavy atom. The smallest absolute Gasteiger partial charge is 0.313 e. The highest BCUT2D eigenvalue weighted by Crippen LogP contribution is 2.23. The number of rotatable bonds is 16. The van der Waals surface area contributed by atoms with Gasteiger partial charge in [-0.3, -0.25) is 14.4 Å². The summed E-state index contributed by atoms with van der Waals surface area (Å²) in [5.74, 6) is -1.27. The summed E-state index contributed by atoms with van der Waals surface area (Å²) >= 11 is 0. The molecule has 0 aliphatic heterocycles. The summed E-state index contributed by atoms with van der Waals surface area (Å²) in [5, 5.41) is 8.97. The van der Waals surface area contributed by atoms with Crippen molar-refractivity contribution in [2.45, 2.75) is 97.6 Å². The Bertz CT molecular complexity index is 1520. The summed E-state index contributed by atoms with van der Waals surface area (Å²) in [5.41, 5.74) is 3.99. The zero-order chi connectivity index (χ0) is 38.1. The summed E-state index contributed by atoms with van der Waals surface area (Å²) in [4.78, 5) is 35.4. The molecule has 0 radical (unpaired) electrons. The van der Waals surface area contributed by atoms with Crippen molar-refractivity contribution in [1.29, 1.82) is 0 Å². The monoisotopic (exact) mass is 712 g/mol. The van der Waals surface area contributed by atoms with Gasteiger partial charge >= 0.3 is 17.9 Å². The van der Waals surface area contributed by atoms with E-state index in [0.717, 1.165) is 22.3 Å². The molecule has 0 fully saturated rings. The van der Waals surface area contributed by atoms with Crippen LogP contribution in [0.5, 0.6) is 0 Å². The van der Waals surface area contributed by atoms with Gasteiger partial charge in [0.25, 0.3) is 0 Å². The van der Waals surface area contributed by atoms with Crippen LogP contribution in [0.2, 0.25) is 0 Å². The van der Waals surface area contributed by atoms with E-state index in [1.807, 2.05) is 163 Å². The Balaban J connectivity index is 0.000000284. The minimum atomic E-state index is -0.367.